The highest BCUT2D eigenvalue weighted by molar-refractivity contribution is 7.98. The zero-order valence-corrected chi connectivity index (χ0v) is 14.9. The van der Waals surface area contributed by atoms with Gasteiger partial charge in [0.05, 0.1) is 5.39 Å². The SMILES string of the molecule is CC1CCc2c(sc3nc(SCc4ccccc4F)[nH]c(=O)c23)C1. The maximum Gasteiger partial charge on any atom is 0.260 e. The molecule has 1 unspecified atom stereocenters. The topological polar surface area (TPSA) is 45.8 Å². The largest absolute Gasteiger partial charge is 0.301 e. The van der Waals surface area contributed by atoms with Crippen LogP contribution in [0.1, 0.15) is 29.3 Å². The molecule has 2 aromatic heterocycles. The molecule has 0 fully saturated rings. The van der Waals surface area contributed by atoms with Crippen LogP contribution in [0, 0.1) is 11.7 Å². The van der Waals surface area contributed by atoms with E-state index in [4.69, 9.17) is 0 Å². The minimum absolute atomic E-state index is 0.0666. The molecule has 124 valence electrons. The van der Waals surface area contributed by atoms with Gasteiger partial charge >= 0.3 is 0 Å². The Morgan fingerprint density at radius 3 is 3.08 bits per heavy atom. The third kappa shape index (κ3) is 2.89. The van der Waals surface area contributed by atoms with Crippen molar-refractivity contribution >= 4 is 33.3 Å². The summed E-state index contributed by atoms with van der Waals surface area (Å²) in [5.74, 6) is 0.886. The van der Waals surface area contributed by atoms with Crippen molar-refractivity contribution < 1.29 is 4.39 Å². The molecule has 1 aliphatic rings. The molecule has 1 aromatic carbocycles. The molecule has 0 amide bonds. The Bertz CT molecular complexity index is 963. The van der Waals surface area contributed by atoms with Gasteiger partial charge in [0.2, 0.25) is 0 Å². The molecule has 1 N–H and O–H groups in total. The van der Waals surface area contributed by atoms with Gasteiger partial charge in [0.25, 0.3) is 5.56 Å². The second-order valence-corrected chi connectivity index (χ2v) is 8.33. The molecule has 0 saturated carbocycles. The predicted octanol–water partition coefficient (Wildman–Crippen LogP) is 4.54. The second-order valence-electron chi connectivity index (χ2n) is 6.28. The predicted molar refractivity (Wildman–Crippen MR) is 97.4 cm³/mol. The number of nitrogens with zero attached hydrogens (tertiary/aromatic N) is 1. The van der Waals surface area contributed by atoms with Crippen LogP contribution in [-0.2, 0) is 18.6 Å². The van der Waals surface area contributed by atoms with Crippen molar-refractivity contribution in [3.05, 3.63) is 56.4 Å². The van der Waals surface area contributed by atoms with Gasteiger partial charge in [-0.1, -0.05) is 36.9 Å². The van der Waals surface area contributed by atoms with Crippen molar-refractivity contribution in [1.29, 1.82) is 0 Å². The number of nitrogens with one attached hydrogen (secondary N) is 1. The molecular weight excluding hydrogens is 343 g/mol. The van der Waals surface area contributed by atoms with Gasteiger partial charge in [-0.05, 0) is 42.4 Å². The molecule has 1 atom stereocenters. The maximum atomic E-state index is 13.7. The normalized spacial score (nSPS) is 17.2. The molecule has 3 aromatic rings. The number of hydrogen-bond donors (Lipinski definition) is 1. The first-order valence-corrected chi connectivity index (χ1v) is 9.83. The molecule has 6 heteroatoms. The number of thioether (sulfide) groups is 1. The van der Waals surface area contributed by atoms with E-state index in [9.17, 15) is 9.18 Å². The van der Waals surface area contributed by atoms with E-state index in [0.29, 0.717) is 22.4 Å². The zero-order chi connectivity index (χ0) is 16.7. The smallest absolute Gasteiger partial charge is 0.260 e. The molecule has 2 heterocycles. The lowest BCUT2D eigenvalue weighted by Gasteiger charge is -2.17. The molecule has 0 aliphatic heterocycles. The lowest BCUT2D eigenvalue weighted by atomic mass is 9.89. The van der Waals surface area contributed by atoms with Crippen molar-refractivity contribution in [2.45, 2.75) is 37.1 Å². The molecule has 0 spiro atoms. The van der Waals surface area contributed by atoms with Gasteiger partial charge in [-0.25, -0.2) is 9.37 Å². The number of aromatic nitrogens is 2. The van der Waals surface area contributed by atoms with Gasteiger partial charge in [-0.2, -0.15) is 0 Å². The highest BCUT2D eigenvalue weighted by Gasteiger charge is 2.23. The van der Waals surface area contributed by atoms with E-state index in [0.717, 1.165) is 29.5 Å². The highest BCUT2D eigenvalue weighted by Crippen LogP contribution is 2.36. The quantitative estimate of drug-likeness (QED) is 0.551. The van der Waals surface area contributed by atoms with Crippen LogP contribution in [0.2, 0.25) is 0 Å². The number of hydrogen-bond acceptors (Lipinski definition) is 4. The number of benzene rings is 1. The van der Waals surface area contributed by atoms with Crippen molar-refractivity contribution in [2.24, 2.45) is 5.92 Å². The number of aromatic amines is 1. The van der Waals surface area contributed by atoms with Gasteiger partial charge in [0.1, 0.15) is 10.6 Å². The summed E-state index contributed by atoms with van der Waals surface area (Å²) < 4.78 is 13.7. The average Bonchev–Trinajstić information content (AvgIpc) is 2.91. The first-order chi connectivity index (χ1) is 11.6. The van der Waals surface area contributed by atoms with Crippen molar-refractivity contribution in [3.63, 3.8) is 0 Å². The molecule has 0 saturated heterocycles. The molecule has 0 bridgehead atoms. The molecule has 3 nitrogen and oxygen atoms in total. The van der Waals surface area contributed by atoms with Crippen LogP contribution in [-0.4, -0.2) is 9.97 Å². The van der Waals surface area contributed by atoms with Crippen molar-refractivity contribution in [1.82, 2.24) is 9.97 Å². The number of aryl methyl sites for hydroxylation is 1. The van der Waals surface area contributed by atoms with Gasteiger partial charge in [0, 0.05) is 10.6 Å². The van der Waals surface area contributed by atoms with Gasteiger partial charge < -0.3 is 4.98 Å². The third-order valence-corrected chi connectivity index (χ3v) is 6.54. The fraction of sp³-hybridized carbons (Fsp3) is 0.333. The van der Waals surface area contributed by atoms with E-state index in [1.807, 2.05) is 6.07 Å². The van der Waals surface area contributed by atoms with Crippen LogP contribution >= 0.6 is 23.1 Å². The monoisotopic (exact) mass is 360 g/mol. The maximum absolute atomic E-state index is 13.7. The molecule has 1 aliphatic carbocycles. The molecular formula is C18H17FN2OS2. The Morgan fingerprint density at radius 1 is 1.42 bits per heavy atom. The number of thiophene rings is 1. The van der Waals surface area contributed by atoms with E-state index in [1.165, 1.54) is 28.3 Å². The summed E-state index contributed by atoms with van der Waals surface area (Å²) in [5, 5.41) is 1.32. The fourth-order valence-corrected chi connectivity index (χ4v) is 5.45. The highest BCUT2D eigenvalue weighted by atomic mass is 32.2. The minimum Gasteiger partial charge on any atom is -0.301 e. The zero-order valence-electron chi connectivity index (χ0n) is 13.3. The Kier molecular flexibility index (Phi) is 4.18. The van der Waals surface area contributed by atoms with Crippen LogP contribution < -0.4 is 5.56 Å². The van der Waals surface area contributed by atoms with Crippen LogP contribution in [0.25, 0.3) is 10.2 Å². The van der Waals surface area contributed by atoms with Gasteiger partial charge in [-0.3, -0.25) is 4.79 Å². The van der Waals surface area contributed by atoms with Crippen LogP contribution in [0.5, 0.6) is 0 Å². The number of fused-ring (bicyclic) bond motifs is 3. The summed E-state index contributed by atoms with van der Waals surface area (Å²) in [6, 6.07) is 6.69. The Labute approximate surface area is 147 Å². The van der Waals surface area contributed by atoms with Gasteiger partial charge in [-0.15, -0.1) is 11.3 Å². The van der Waals surface area contributed by atoms with E-state index in [-0.39, 0.29) is 11.4 Å². The summed E-state index contributed by atoms with van der Waals surface area (Å²) >= 11 is 3.00. The van der Waals surface area contributed by atoms with Gasteiger partial charge in [0.15, 0.2) is 5.16 Å². The van der Waals surface area contributed by atoms with Crippen molar-refractivity contribution in [2.75, 3.05) is 0 Å². The number of rotatable bonds is 3. The van der Waals surface area contributed by atoms with Crippen molar-refractivity contribution in [3.8, 4) is 0 Å². The first kappa shape index (κ1) is 15.8. The van der Waals surface area contributed by atoms with E-state index in [2.05, 4.69) is 16.9 Å². The molecule has 0 radical (unpaired) electrons. The molecule has 4 rings (SSSR count). The Morgan fingerprint density at radius 2 is 2.25 bits per heavy atom. The van der Waals surface area contributed by atoms with Crippen LogP contribution in [0.4, 0.5) is 4.39 Å². The van der Waals surface area contributed by atoms with E-state index >= 15 is 0 Å². The first-order valence-electron chi connectivity index (χ1n) is 8.02. The lowest BCUT2D eigenvalue weighted by Crippen LogP contribution is -2.13. The third-order valence-electron chi connectivity index (χ3n) is 4.47. The second kappa shape index (κ2) is 6.33. The van der Waals surface area contributed by atoms with E-state index < -0.39 is 0 Å². The number of halogens is 1. The Hall–Kier alpha value is -1.66. The standard InChI is InChI=1S/C18H17FN2OS2/c1-10-6-7-12-14(8-10)24-17-15(12)16(22)20-18(21-17)23-9-11-4-2-3-5-13(11)19/h2-5,10H,6-9H2,1H3,(H,20,21,22). The number of H-pyrrole nitrogens is 1. The van der Waals surface area contributed by atoms with Crippen LogP contribution in [0.15, 0.2) is 34.2 Å². The van der Waals surface area contributed by atoms with Crippen LogP contribution in [0.3, 0.4) is 0 Å². The summed E-state index contributed by atoms with van der Waals surface area (Å²) in [6.45, 7) is 2.25. The summed E-state index contributed by atoms with van der Waals surface area (Å²) in [7, 11) is 0. The minimum atomic E-state index is -0.228. The summed E-state index contributed by atoms with van der Waals surface area (Å²) in [6.07, 6.45) is 3.12. The molecule has 24 heavy (non-hydrogen) atoms. The summed E-state index contributed by atoms with van der Waals surface area (Å²) in [4.78, 5) is 22.1. The van der Waals surface area contributed by atoms with E-state index in [1.54, 1.807) is 23.5 Å². The Balaban J connectivity index is 1.66. The lowest BCUT2D eigenvalue weighted by molar-refractivity contribution is 0.509. The average molecular weight is 360 g/mol. The summed E-state index contributed by atoms with van der Waals surface area (Å²) in [5.41, 5.74) is 1.74. The fourth-order valence-electron chi connectivity index (χ4n) is 3.16.